The Hall–Kier alpha value is -2.14. The van der Waals surface area contributed by atoms with Crippen LogP contribution in [0.3, 0.4) is 0 Å². The summed E-state index contributed by atoms with van der Waals surface area (Å²) in [4.78, 5) is 30.4. The third kappa shape index (κ3) is 3.65. The predicted molar refractivity (Wildman–Crippen MR) is 108 cm³/mol. The van der Waals surface area contributed by atoms with Crippen molar-refractivity contribution in [3.63, 3.8) is 0 Å². The molecule has 0 spiro atoms. The molecule has 1 amide bonds. The lowest BCUT2D eigenvalue weighted by Crippen LogP contribution is -2.45. The summed E-state index contributed by atoms with van der Waals surface area (Å²) in [6.45, 7) is 4.26. The molecule has 5 heteroatoms. The van der Waals surface area contributed by atoms with E-state index in [0.29, 0.717) is 5.56 Å². The molecule has 0 radical (unpaired) electrons. The van der Waals surface area contributed by atoms with Crippen molar-refractivity contribution in [1.29, 1.82) is 0 Å². The summed E-state index contributed by atoms with van der Waals surface area (Å²) in [5.41, 5.74) is 1.25. The van der Waals surface area contributed by atoms with Gasteiger partial charge in [0, 0.05) is 37.6 Å². The van der Waals surface area contributed by atoms with Gasteiger partial charge in [0.1, 0.15) is 0 Å². The van der Waals surface area contributed by atoms with Crippen molar-refractivity contribution in [2.75, 3.05) is 26.2 Å². The van der Waals surface area contributed by atoms with Crippen LogP contribution in [0.4, 0.5) is 0 Å². The van der Waals surface area contributed by atoms with Crippen LogP contribution in [0.1, 0.15) is 48.9 Å². The second-order valence-corrected chi connectivity index (χ2v) is 7.96. The van der Waals surface area contributed by atoms with Gasteiger partial charge in [-0.25, -0.2) is 0 Å². The Labute approximate surface area is 160 Å². The van der Waals surface area contributed by atoms with Crippen LogP contribution in [-0.4, -0.2) is 52.5 Å². The fourth-order valence-corrected chi connectivity index (χ4v) is 4.65. The second-order valence-electron chi connectivity index (χ2n) is 7.96. The smallest absolute Gasteiger partial charge is 0.254 e. The molecule has 2 saturated heterocycles. The van der Waals surface area contributed by atoms with Crippen LogP contribution in [0, 0.1) is 0 Å². The number of carbonyl (C=O) groups excluding carboxylic acids is 1. The first-order chi connectivity index (χ1) is 13.1. The third-order valence-electron chi connectivity index (χ3n) is 6.25. The maximum atomic E-state index is 13.4. The minimum absolute atomic E-state index is 0.0232. The van der Waals surface area contributed by atoms with E-state index in [4.69, 9.17) is 0 Å². The van der Waals surface area contributed by atoms with Gasteiger partial charge in [0.05, 0.1) is 11.1 Å². The molecular weight excluding hydrogens is 338 g/mol. The van der Waals surface area contributed by atoms with E-state index in [2.05, 4.69) is 4.90 Å². The molecule has 4 rings (SSSR count). The first-order valence-corrected chi connectivity index (χ1v) is 10.3. The van der Waals surface area contributed by atoms with Crippen molar-refractivity contribution in [2.24, 2.45) is 7.05 Å². The van der Waals surface area contributed by atoms with E-state index in [9.17, 15) is 9.59 Å². The molecular formula is C22H29N3O2. The van der Waals surface area contributed by atoms with Gasteiger partial charge in [-0.2, -0.15) is 0 Å². The number of aryl methyl sites for hydroxylation is 1. The lowest BCUT2D eigenvalue weighted by Gasteiger charge is -2.37. The molecule has 2 fully saturated rings. The summed E-state index contributed by atoms with van der Waals surface area (Å²) in [6.07, 6.45) is 6.94. The Bertz CT molecular complexity index is 883. The molecule has 0 N–H and O–H groups in total. The molecule has 1 aromatic heterocycles. The zero-order valence-corrected chi connectivity index (χ0v) is 16.2. The molecule has 144 valence electrons. The summed E-state index contributed by atoms with van der Waals surface area (Å²) in [6, 6.07) is 9.52. The fourth-order valence-electron chi connectivity index (χ4n) is 4.65. The van der Waals surface area contributed by atoms with E-state index in [1.165, 1.54) is 38.4 Å². The molecule has 0 aliphatic carbocycles. The summed E-state index contributed by atoms with van der Waals surface area (Å²) < 4.78 is 1.62. The largest absolute Gasteiger partial charge is 0.336 e. The molecule has 1 aromatic carbocycles. The van der Waals surface area contributed by atoms with Crippen LogP contribution in [-0.2, 0) is 7.05 Å². The monoisotopic (exact) mass is 367 g/mol. The van der Waals surface area contributed by atoms with Gasteiger partial charge < -0.3 is 14.4 Å². The van der Waals surface area contributed by atoms with Crippen molar-refractivity contribution in [1.82, 2.24) is 14.4 Å². The van der Waals surface area contributed by atoms with Crippen molar-refractivity contribution >= 4 is 16.8 Å². The van der Waals surface area contributed by atoms with Crippen LogP contribution in [0.5, 0.6) is 0 Å². The average Bonchev–Trinajstić information content (AvgIpc) is 3.22. The van der Waals surface area contributed by atoms with Crippen LogP contribution in [0.2, 0.25) is 0 Å². The Morgan fingerprint density at radius 3 is 2.63 bits per heavy atom. The van der Waals surface area contributed by atoms with Crippen LogP contribution in [0.25, 0.3) is 10.9 Å². The Balaban J connectivity index is 1.61. The van der Waals surface area contributed by atoms with Crippen molar-refractivity contribution < 1.29 is 4.79 Å². The van der Waals surface area contributed by atoms with Crippen molar-refractivity contribution in [3.8, 4) is 0 Å². The van der Waals surface area contributed by atoms with E-state index in [0.717, 1.165) is 43.3 Å². The highest BCUT2D eigenvalue weighted by Gasteiger charge is 2.29. The third-order valence-corrected chi connectivity index (χ3v) is 6.25. The first kappa shape index (κ1) is 18.2. The van der Waals surface area contributed by atoms with E-state index in [1.54, 1.807) is 11.6 Å². The maximum absolute atomic E-state index is 13.4. The zero-order valence-electron chi connectivity index (χ0n) is 16.2. The summed E-state index contributed by atoms with van der Waals surface area (Å²) in [5, 5.41) is 0.869. The van der Waals surface area contributed by atoms with Crippen molar-refractivity contribution in [3.05, 3.63) is 46.2 Å². The van der Waals surface area contributed by atoms with Crippen LogP contribution < -0.4 is 5.56 Å². The van der Waals surface area contributed by atoms with Gasteiger partial charge in [0.2, 0.25) is 0 Å². The van der Waals surface area contributed by atoms with E-state index in [1.807, 2.05) is 29.2 Å². The number of pyridine rings is 1. The van der Waals surface area contributed by atoms with E-state index in [-0.39, 0.29) is 17.5 Å². The molecule has 0 bridgehead atoms. The zero-order chi connectivity index (χ0) is 18.8. The van der Waals surface area contributed by atoms with Crippen molar-refractivity contribution in [2.45, 2.75) is 44.6 Å². The topological polar surface area (TPSA) is 45.6 Å². The lowest BCUT2D eigenvalue weighted by atomic mass is 9.97. The number of rotatable bonds is 4. The van der Waals surface area contributed by atoms with Gasteiger partial charge in [-0.15, -0.1) is 0 Å². The number of piperidine rings is 1. The number of para-hydroxylation sites is 1. The number of likely N-dealkylation sites (tertiary alicyclic amines) is 2. The first-order valence-electron chi connectivity index (χ1n) is 10.3. The van der Waals surface area contributed by atoms with E-state index >= 15 is 0 Å². The summed E-state index contributed by atoms with van der Waals surface area (Å²) in [5.74, 6) is 0.0232. The summed E-state index contributed by atoms with van der Waals surface area (Å²) >= 11 is 0. The molecule has 27 heavy (non-hydrogen) atoms. The maximum Gasteiger partial charge on any atom is 0.254 e. The quantitative estimate of drug-likeness (QED) is 0.834. The number of fused-ring (bicyclic) bond motifs is 1. The predicted octanol–water partition coefficient (Wildman–Crippen LogP) is 3.02. The Morgan fingerprint density at radius 2 is 1.81 bits per heavy atom. The highest BCUT2D eigenvalue weighted by Crippen LogP contribution is 2.25. The molecule has 1 atom stereocenters. The number of benzene rings is 1. The molecule has 2 aromatic rings. The highest BCUT2D eigenvalue weighted by atomic mass is 16.2. The van der Waals surface area contributed by atoms with Crippen LogP contribution in [0.15, 0.2) is 35.1 Å². The molecule has 0 unspecified atom stereocenters. The van der Waals surface area contributed by atoms with Gasteiger partial charge in [-0.3, -0.25) is 9.59 Å². The molecule has 5 nitrogen and oxygen atoms in total. The fraction of sp³-hybridized carbons (Fsp3) is 0.545. The molecule has 2 aliphatic rings. The normalized spacial score (nSPS) is 21.1. The van der Waals surface area contributed by atoms with E-state index < -0.39 is 0 Å². The van der Waals surface area contributed by atoms with Gasteiger partial charge in [0.25, 0.3) is 11.5 Å². The minimum Gasteiger partial charge on any atom is -0.336 e. The SMILES string of the molecule is Cn1c(=O)cc(C(=O)N2CCCC[C@H]2CCN2CCCC2)c2ccccc21. The number of aromatic nitrogens is 1. The Morgan fingerprint density at radius 1 is 1.07 bits per heavy atom. The van der Waals surface area contributed by atoms with Gasteiger partial charge in [0.15, 0.2) is 0 Å². The van der Waals surface area contributed by atoms with Gasteiger partial charge in [-0.1, -0.05) is 18.2 Å². The lowest BCUT2D eigenvalue weighted by molar-refractivity contribution is 0.0589. The van der Waals surface area contributed by atoms with Crippen LogP contribution >= 0.6 is 0 Å². The number of amides is 1. The number of hydrogen-bond acceptors (Lipinski definition) is 3. The number of hydrogen-bond donors (Lipinski definition) is 0. The minimum atomic E-state index is -0.123. The number of carbonyl (C=O) groups is 1. The second kappa shape index (κ2) is 7.85. The molecule has 2 aliphatic heterocycles. The number of nitrogens with zero attached hydrogens (tertiary/aromatic N) is 3. The van der Waals surface area contributed by atoms with Gasteiger partial charge >= 0.3 is 0 Å². The molecule has 3 heterocycles. The summed E-state index contributed by atoms with van der Waals surface area (Å²) in [7, 11) is 1.76. The molecule has 0 saturated carbocycles. The standard InChI is InChI=1S/C22H29N3O2/c1-23-20-10-3-2-9-18(20)19(16-21(23)26)22(27)25-14-5-4-8-17(25)11-15-24-12-6-7-13-24/h2-3,9-10,16-17H,4-8,11-15H2,1H3/t17-/m0/s1. The van der Waals surface area contributed by atoms with Gasteiger partial charge in [-0.05, 0) is 57.7 Å². The Kier molecular flexibility index (Phi) is 5.30. The average molecular weight is 367 g/mol. The highest BCUT2D eigenvalue weighted by molar-refractivity contribution is 6.06.